The molecule has 1 N–H and O–H groups in total. The second-order valence-electron chi connectivity index (χ2n) is 5.90. The van der Waals surface area contributed by atoms with E-state index in [2.05, 4.69) is 4.98 Å². The van der Waals surface area contributed by atoms with Crippen LogP contribution in [0.3, 0.4) is 0 Å². The lowest BCUT2D eigenvalue weighted by Gasteiger charge is -2.17. The van der Waals surface area contributed by atoms with Crippen molar-refractivity contribution in [3.05, 3.63) is 40.4 Å². The van der Waals surface area contributed by atoms with Crippen LogP contribution in [-0.2, 0) is 16.0 Å². The van der Waals surface area contributed by atoms with Crippen LogP contribution in [0.4, 0.5) is 0 Å². The Bertz CT molecular complexity index is 729. The van der Waals surface area contributed by atoms with E-state index in [1.165, 1.54) is 11.3 Å². The number of carboxylic acid groups (broad SMARTS) is 1. The predicted octanol–water partition coefficient (Wildman–Crippen LogP) is 4.71. The van der Waals surface area contributed by atoms with Gasteiger partial charge in [0.25, 0.3) is 0 Å². The number of hydrogen-bond donors (Lipinski definition) is 1. The van der Waals surface area contributed by atoms with Crippen molar-refractivity contribution in [3.8, 4) is 10.6 Å². The first-order valence-electron chi connectivity index (χ1n) is 7.85. The Balaban J connectivity index is 2.03. The molecular weight excluding hydrogens is 346 g/mol. The van der Waals surface area contributed by atoms with Crippen molar-refractivity contribution in [1.82, 2.24) is 4.98 Å². The van der Waals surface area contributed by atoms with E-state index >= 15 is 0 Å². The zero-order chi connectivity index (χ0) is 17.7. The number of hydrogen-bond acceptors (Lipinski definition) is 4. The molecule has 0 aliphatic rings. The quantitative estimate of drug-likeness (QED) is 0.735. The van der Waals surface area contributed by atoms with Crippen molar-refractivity contribution >= 4 is 34.7 Å². The van der Waals surface area contributed by atoms with E-state index in [0.29, 0.717) is 10.7 Å². The van der Waals surface area contributed by atoms with Crippen molar-refractivity contribution < 1.29 is 14.7 Å². The van der Waals surface area contributed by atoms with Gasteiger partial charge in [-0.2, -0.15) is 0 Å². The summed E-state index contributed by atoms with van der Waals surface area (Å²) in [6.07, 6.45) is 0.950. The number of thiazole rings is 1. The zero-order valence-electron chi connectivity index (χ0n) is 13.7. The molecule has 2 rings (SSSR count). The summed E-state index contributed by atoms with van der Waals surface area (Å²) in [6.45, 7) is 3.80. The summed E-state index contributed by atoms with van der Waals surface area (Å²) < 4.78 is 0. The monoisotopic (exact) mass is 365 g/mol. The molecule has 0 spiro atoms. The Kier molecular flexibility index (Phi) is 6.52. The summed E-state index contributed by atoms with van der Waals surface area (Å²) in [5.41, 5.74) is 1.59. The van der Waals surface area contributed by atoms with Crippen LogP contribution in [0.5, 0.6) is 0 Å². The van der Waals surface area contributed by atoms with Crippen molar-refractivity contribution in [2.24, 2.45) is 11.8 Å². The molecule has 0 amide bonds. The van der Waals surface area contributed by atoms with Gasteiger partial charge in [-0.25, -0.2) is 4.98 Å². The fraction of sp³-hybridized carbons (Fsp3) is 0.389. The Morgan fingerprint density at radius 3 is 2.75 bits per heavy atom. The Morgan fingerprint density at radius 2 is 2.12 bits per heavy atom. The van der Waals surface area contributed by atoms with Gasteiger partial charge in [0.15, 0.2) is 0 Å². The maximum atomic E-state index is 12.2. The maximum Gasteiger partial charge on any atom is 0.307 e. The standard InChI is InChI=1S/C18H20ClNO3S/c1-3-11(2)16(18(22)23)9-15(21)8-14-10-24-17(20-14)12-5-4-6-13(19)7-12/h4-7,10-11,16H,3,8-9H2,1-2H3,(H,22,23)/t11-,16+/m0/s1. The average Bonchev–Trinajstić information content (AvgIpc) is 3.00. The molecule has 2 atom stereocenters. The van der Waals surface area contributed by atoms with E-state index in [1.807, 2.05) is 37.4 Å². The van der Waals surface area contributed by atoms with Crippen LogP contribution in [0.2, 0.25) is 5.02 Å². The normalized spacial score (nSPS) is 13.5. The molecule has 2 aromatic rings. The lowest BCUT2D eigenvalue weighted by atomic mass is 9.87. The summed E-state index contributed by atoms with van der Waals surface area (Å²) >= 11 is 7.43. The lowest BCUT2D eigenvalue weighted by Crippen LogP contribution is -2.25. The number of rotatable bonds is 8. The minimum absolute atomic E-state index is 0.0242. The van der Waals surface area contributed by atoms with Crippen LogP contribution < -0.4 is 0 Å². The van der Waals surface area contributed by atoms with Gasteiger partial charge >= 0.3 is 5.97 Å². The predicted molar refractivity (Wildman–Crippen MR) is 96.5 cm³/mol. The molecule has 0 bridgehead atoms. The highest BCUT2D eigenvalue weighted by molar-refractivity contribution is 7.13. The van der Waals surface area contributed by atoms with E-state index in [9.17, 15) is 14.7 Å². The molecule has 1 aromatic heterocycles. The summed E-state index contributed by atoms with van der Waals surface area (Å²) in [4.78, 5) is 28.0. The van der Waals surface area contributed by atoms with Gasteiger partial charge in [0.2, 0.25) is 0 Å². The molecule has 0 saturated carbocycles. The maximum absolute atomic E-state index is 12.2. The number of Topliss-reactive ketones (excluding diaryl/α,β-unsaturated/α-hetero) is 1. The van der Waals surface area contributed by atoms with Crippen LogP contribution in [-0.4, -0.2) is 21.8 Å². The van der Waals surface area contributed by atoms with Gasteiger partial charge in [-0.15, -0.1) is 11.3 Å². The summed E-state index contributed by atoms with van der Waals surface area (Å²) in [7, 11) is 0. The highest BCUT2D eigenvalue weighted by Crippen LogP contribution is 2.27. The number of aromatic nitrogens is 1. The third kappa shape index (κ3) is 4.89. The minimum Gasteiger partial charge on any atom is -0.481 e. The third-order valence-electron chi connectivity index (χ3n) is 4.10. The second kappa shape index (κ2) is 8.40. The van der Waals surface area contributed by atoms with Gasteiger partial charge in [0.05, 0.1) is 11.6 Å². The fourth-order valence-electron chi connectivity index (χ4n) is 2.48. The van der Waals surface area contributed by atoms with E-state index in [0.717, 1.165) is 17.0 Å². The van der Waals surface area contributed by atoms with Gasteiger partial charge in [0.1, 0.15) is 10.8 Å². The molecule has 1 aromatic carbocycles. The molecule has 4 nitrogen and oxygen atoms in total. The van der Waals surface area contributed by atoms with Crippen molar-refractivity contribution in [2.45, 2.75) is 33.1 Å². The zero-order valence-corrected chi connectivity index (χ0v) is 15.2. The van der Waals surface area contributed by atoms with Gasteiger partial charge in [-0.3, -0.25) is 9.59 Å². The number of nitrogens with zero attached hydrogens (tertiary/aromatic N) is 1. The number of ketones is 1. The summed E-state index contributed by atoms with van der Waals surface area (Å²) in [6, 6.07) is 7.40. The summed E-state index contributed by atoms with van der Waals surface area (Å²) in [5.74, 6) is -1.65. The highest BCUT2D eigenvalue weighted by Gasteiger charge is 2.26. The van der Waals surface area contributed by atoms with Crippen LogP contribution in [0.25, 0.3) is 10.6 Å². The molecular formula is C18H20ClNO3S. The molecule has 128 valence electrons. The van der Waals surface area contributed by atoms with Gasteiger partial charge in [-0.05, 0) is 18.1 Å². The Hall–Kier alpha value is -1.72. The molecule has 6 heteroatoms. The number of halogens is 1. The van der Waals surface area contributed by atoms with Gasteiger partial charge in [0, 0.05) is 28.8 Å². The topological polar surface area (TPSA) is 67.3 Å². The van der Waals surface area contributed by atoms with Crippen LogP contribution >= 0.6 is 22.9 Å². The molecule has 1 heterocycles. The summed E-state index contributed by atoms with van der Waals surface area (Å²) in [5, 5.41) is 12.6. The Labute approximate surface area is 150 Å². The molecule has 0 aliphatic heterocycles. The molecule has 0 radical (unpaired) electrons. The minimum atomic E-state index is -0.907. The van der Waals surface area contributed by atoms with Crippen LogP contribution in [0.1, 0.15) is 32.4 Å². The highest BCUT2D eigenvalue weighted by atomic mass is 35.5. The first-order chi connectivity index (χ1) is 11.4. The molecule has 0 fully saturated rings. The average molecular weight is 366 g/mol. The first kappa shape index (κ1) is 18.6. The smallest absolute Gasteiger partial charge is 0.307 e. The lowest BCUT2D eigenvalue weighted by molar-refractivity contribution is -0.145. The van der Waals surface area contributed by atoms with E-state index in [4.69, 9.17) is 11.6 Å². The first-order valence-corrected chi connectivity index (χ1v) is 9.11. The van der Waals surface area contributed by atoms with E-state index < -0.39 is 11.9 Å². The Morgan fingerprint density at radius 1 is 1.38 bits per heavy atom. The van der Waals surface area contributed by atoms with Crippen LogP contribution in [0.15, 0.2) is 29.6 Å². The van der Waals surface area contributed by atoms with Crippen molar-refractivity contribution in [3.63, 3.8) is 0 Å². The molecule has 0 aliphatic carbocycles. The number of carbonyl (C=O) groups excluding carboxylic acids is 1. The number of carboxylic acids is 1. The third-order valence-corrected chi connectivity index (χ3v) is 5.27. The van der Waals surface area contributed by atoms with Crippen molar-refractivity contribution in [2.75, 3.05) is 0 Å². The second-order valence-corrected chi connectivity index (χ2v) is 7.20. The van der Waals surface area contributed by atoms with Crippen LogP contribution in [0, 0.1) is 11.8 Å². The number of aliphatic carboxylic acids is 1. The van der Waals surface area contributed by atoms with Gasteiger partial charge in [-0.1, -0.05) is 44.0 Å². The largest absolute Gasteiger partial charge is 0.481 e. The number of benzene rings is 1. The number of carbonyl (C=O) groups is 2. The van der Waals surface area contributed by atoms with Crippen molar-refractivity contribution in [1.29, 1.82) is 0 Å². The van der Waals surface area contributed by atoms with E-state index in [-0.39, 0.29) is 24.5 Å². The molecule has 0 unspecified atom stereocenters. The molecule has 0 saturated heterocycles. The molecule has 24 heavy (non-hydrogen) atoms. The van der Waals surface area contributed by atoms with E-state index in [1.54, 1.807) is 6.07 Å². The SMILES string of the molecule is CC[C@H](C)[C@@H](CC(=O)Cc1csc(-c2cccc(Cl)c2)n1)C(=O)O. The fourth-order valence-corrected chi connectivity index (χ4v) is 3.49. The van der Waals surface area contributed by atoms with Gasteiger partial charge < -0.3 is 5.11 Å².